The Bertz CT molecular complexity index is 2780. The Kier molecular flexibility index (Phi) is 11.9. The molecule has 3 aliphatic rings. The number of carbonyl (C=O) groups is 4. The number of ether oxygens (including phenoxy) is 2. The average Bonchev–Trinajstić information content (AvgIpc) is 4.13. The van der Waals surface area contributed by atoms with Crippen molar-refractivity contribution in [3.63, 3.8) is 0 Å². The normalized spacial score (nSPS) is 15.7. The summed E-state index contributed by atoms with van der Waals surface area (Å²) in [7, 11) is 0. The molecule has 334 valence electrons. The van der Waals surface area contributed by atoms with Crippen molar-refractivity contribution in [3.8, 4) is 5.75 Å². The van der Waals surface area contributed by atoms with Gasteiger partial charge in [0.2, 0.25) is 23.7 Å². The van der Waals surface area contributed by atoms with E-state index in [2.05, 4.69) is 35.7 Å². The van der Waals surface area contributed by atoms with E-state index in [0.29, 0.717) is 84.1 Å². The Morgan fingerprint density at radius 3 is 1.92 bits per heavy atom. The molecule has 2 saturated carbocycles. The smallest absolute Gasteiger partial charge is 0.276 e. The van der Waals surface area contributed by atoms with Gasteiger partial charge in [0.25, 0.3) is 11.8 Å². The highest BCUT2D eigenvalue weighted by molar-refractivity contribution is 6.05. The van der Waals surface area contributed by atoms with E-state index in [0.717, 1.165) is 63.1 Å². The molecule has 6 heterocycles. The monoisotopic (exact) mass is 872 g/mol. The number of allylic oxidation sites excluding steroid dienone is 2. The summed E-state index contributed by atoms with van der Waals surface area (Å²) >= 11 is 0. The van der Waals surface area contributed by atoms with Crippen LogP contribution in [0.4, 0.5) is 11.9 Å². The van der Waals surface area contributed by atoms with E-state index < -0.39 is 11.8 Å². The van der Waals surface area contributed by atoms with E-state index in [9.17, 15) is 19.2 Å². The number of fused-ring (bicyclic) bond motifs is 2. The first-order valence-corrected chi connectivity index (χ1v) is 21.8. The molecule has 1 aromatic carbocycles. The van der Waals surface area contributed by atoms with Gasteiger partial charge in [0.15, 0.2) is 5.65 Å². The van der Waals surface area contributed by atoms with Crippen molar-refractivity contribution in [1.29, 1.82) is 0 Å². The van der Waals surface area contributed by atoms with Gasteiger partial charge in [0.05, 0.1) is 42.3 Å². The molecule has 3 fully saturated rings. The number of amides is 4. The van der Waals surface area contributed by atoms with E-state index in [1.807, 2.05) is 30.6 Å². The molecule has 20 heteroatoms. The maximum absolute atomic E-state index is 14.0. The molecule has 6 aromatic rings. The highest BCUT2D eigenvalue weighted by atomic mass is 16.5. The fourth-order valence-electron chi connectivity index (χ4n) is 7.98. The minimum absolute atomic E-state index is 0.176. The number of anilines is 2. The number of aromatic nitrogens is 9. The van der Waals surface area contributed by atoms with Crippen molar-refractivity contribution < 1.29 is 28.7 Å². The van der Waals surface area contributed by atoms with Crippen LogP contribution in [0.2, 0.25) is 0 Å². The molecule has 4 amide bonds. The van der Waals surface area contributed by atoms with E-state index >= 15 is 0 Å². The van der Waals surface area contributed by atoms with Gasteiger partial charge in [0, 0.05) is 57.6 Å². The summed E-state index contributed by atoms with van der Waals surface area (Å²) in [5, 5.41) is 15.1. The number of imidazole rings is 2. The Balaban J connectivity index is 1.03. The molecular weight excluding hydrogens is 821 g/mol. The maximum atomic E-state index is 14.0. The first kappa shape index (κ1) is 42.4. The lowest BCUT2D eigenvalue weighted by atomic mass is 10.1. The van der Waals surface area contributed by atoms with Crippen molar-refractivity contribution in [2.24, 2.45) is 23.3 Å². The molecule has 0 spiro atoms. The number of morpholine rings is 1. The zero-order chi connectivity index (χ0) is 44.5. The molecular formula is C44H52N14O6. The van der Waals surface area contributed by atoms with Gasteiger partial charge in [0.1, 0.15) is 28.2 Å². The molecule has 1 aliphatic heterocycles. The number of pyridine rings is 1. The third-order valence-electron chi connectivity index (χ3n) is 11.7. The van der Waals surface area contributed by atoms with Crippen LogP contribution in [0.1, 0.15) is 85.2 Å². The maximum Gasteiger partial charge on any atom is 0.276 e. The highest BCUT2D eigenvalue weighted by Crippen LogP contribution is 2.34. The molecule has 0 bridgehead atoms. The summed E-state index contributed by atoms with van der Waals surface area (Å²) in [4.78, 5) is 68.8. The summed E-state index contributed by atoms with van der Waals surface area (Å²) in [6.45, 7) is 9.63. The van der Waals surface area contributed by atoms with Crippen LogP contribution >= 0.6 is 0 Å². The third kappa shape index (κ3) is 9.52. The SMILES string of the molecule is Cc1cc(C(=O)Nc2nc3cc(C(N)=O)cnc3n2CC=CCn2c(NC(=O)c3cc(C)nn3CC3CC3)nc3cc(C(N)=O)cc(OCCCN4CCOCC4)c32)n(CC2CC2)n1. The van der Waals surface area contributed by atoms with Gasteiger partial charge in [-0.15, -0.1) is 0 Å². The van der Waals surface area contributed by atoms with Crippen LogP contribution in [0.25, 0.3) is 22.2 Å². The van der Waals surface area contributed by atoms with E-state index in [-0.39, 0.29) is 47.9 Å². The predicted octanol–water partition coefficient (Wildman–Crippen LogP) is 3.67. The van der Waals surface area contributed by atoms with Crippen molar-refractivity contribution in [2.75, 3.05) is 50.1 Å². The number of aryl methyl sites for hydroxylation is 2. The lowest BCUT2D eigenvalue weighted by Gasteiger charge is -2.26. The van der Waals surface area contributed by atoms with Crippen molar-refractivity contribution in [1.82, 2.24) is 48.5 Å². The summed E-state index contributed by atoms with van der Waals surface area (Å²) in [5.41, 5.74) is 15.8. The largest absolute Gasteiger partial charge is 0.491 e. The molecule has 20 nitrogen and oxygen atoms in total. The standard InChI is InChI=1S/C44H52N14O6/c1-26-18-34(57(52-26)24-28-6-7-28)41(61)50-43-48-32-20-30(38(45)59)22-36(64-15-5-10-54-13-16-63-17-14-54)37(32)55(43)11-3-4-12-56-40-33(21-31(23-47-40)39(46)60)49-44(56)51-42(62)35-19-27(2)53-58(35)25-29-8-9-29/h3-4,18-23,28-29H,5-17,24-25H2,1-2H3,(H2,45,59)(H2,46,60)(H,48,50,61)(H,49,51,62). The number of primary amides is 2. The van der Waals surface area contributed by atoms with Gasteiger partial charge in [-0.05, 0) is 88.1 Å². The van der Waals surface area contributed by atoms with E-state index in [1.54, 1.807) is 38.2 Å². The van der Waals surface area contributed by atoms with Crippen molar-refractivity contribution in [2.45, 2.75) is 72.1 Å². The van der Waals surface area contributed by atoms with Gasteiger partial charge in [-0.3, -0.25) is 48.6 Å². The second kappa shape index (κ2) is 18.0. The minimum atomic E-state index is -0.657. The number of nitrogens with one attached hydrogen (secondary N) is 2. The summed E-state index contributed by atoms with van der Waals surface area (Å²) in [6, 6.07) is 8.24. The Labute approximate surface area is 368 Å². The van der Waals surface area contributed by atoms with Crippen LogP contribution in [-0.4, -0.2) is 112 Å². The van der Waals surface area contributed by atoms with Gasteiger partial charge in [-0.1, -0.05) is 12.2 Å². The second-order valence-corrected chi connectivity index (χ2v) is 16.9. The Hall–Kier alpha value is -6.93. The zero-order valence-corrected chi connectivity index (χ0v) is 36.0. The average molecular weight is 873 g/mol. The topological polar surface area (TPSA) is 250 Å². The predicted molar refractivity (Wildman–Crippen MR) is 236 cm³/mol. The first-order valence-electron chi connectivity index (χ1n) is 21.8. The second-order valence-electron chi connectivity index (χ2n) is 16.9. The summed E-state index contributed by atoms with van der Waals surface area (Å²) < 4.78 is 18.9. The quantitative estimate of drug-likeness (QED) is 0.0673. The van der Waals surface area contributed by atoms with Gasteiger partial charge in [-0.2, -0.15) is 10.2 Å². The number of hydrogen-bond acceptors (Lipinski definition) is 12. The lowest BCUT2D eigenvalue weighted by Crippen LogP contribution is -2.37. The van der Waals surface area contributed by atoms with Crippen molar-refractivity contribution in [3.05, 3.63) is 82.6 Å². The Morgan fingerprint density at radius 1 is 0.766 bits per heavy atom. The number of hydrogen-bond donors (Lipinski definition) is 4. The zero-order valence-electron chi connectivity index (χ0n) is 36.0. The third-order valence-corrected chi connectivity index (χ3v) is 11.7. The van der Waals surface area contributed by atoms with Gasteiger partial charge in [-0.25, -0.2) is 15.0 Å². The fraction of sp³-hybridized carbons (Fsp3) is 0.432. The number of nitrogens with two attached hydrogens (primary N) is 2. The number of nitrogens with zero attached hydrogens (tertiary/aromatic N) is 10. The number of carbonyl (C=O) groups excluding carboxylic acids is 4. The molecule has 5 aromatic heterocycles. The van der Waals surface area contributed by atoms with Crippen LogP contribution in [0.15, 0.2) is 48.7 Å². The lowest BCUT2D eigenvalue weighted by molar-refractivity contribution is 0.0358. The van der Waals surface area contributed by atoms with Crippen LogP contribution in [0.5, 0.6) is 5.75 Å². The highest BCUT2D eigenvalue weighted by Gasteiger charge is 2.28. The number of benzene rings is 1. The van der Waals surface area contributed by atoms with E-state index in [1.165, 1.54) is 12.3 Å². The van der Waals surface area contributed by atoms with Crippen LogP contribution in [0, 0.1) is 25.7 Å². The minimum Gasteiger partial charge on any atom is -0.491 e. The fourth-order valence-corrected chi connectivity index (χ4v) is 7.98. The molecule has 9 rings (SSSR count). The molecule has 1 saturated heterocycles. The van der Waals surface area contributed by atoms with Crippen LogP contribution in [-0.2, 0) is 30.9 Å². The summed E-state index contributed by atoms with van der Waals surface area (Å²) in [6.07, 6.45) is 10.2. The summed E-state index contributed by atoms with van der Waals surface area (Å²) in [5.74, 6) is -0.273. The number of rotatable bonds is 19. The first-order chi connectivity index (χ1) is 31.0. The van der Waals surface area contributed by atoms with Crippen molar-refractivity contribution >= 4 is 57.7 Å². The van der Waals surface area contributed by atoms with Gasteiger partial charge < -0.3 is 25.5 Å². The van der Waals surface area contributed by atoms with Gasteiger partial charge >= 0.3 is 0 Å². The van der Waals surface area contributed by atoms with Crippen LogP contribution in [0.3, 0.4) is 0 Å². The molecule has 0 atom stereocenters. The Morgan fingerprint density at radius 2 is 1.33 bits per heavy atom. The molecule has 64 heavy (non-hydrogen) atoms. The molecule has 0 unspecified atom stereocenters. The van der Waals surface area contributed by atoms with E-state index in [4.69, 9.17) is 25.9 Å². The van der Waals surface area contributed by atoms with Crippen LogP contribution < -0.4 is 26.8 Å². The molecule has 6 N–H and O–H groups in total. The molecule has 0 radical (unpaired) electrons. The molecule has 2 aliphatic carbocycles.